The molecule has 2 aromatic rings. The summed E-state index contributed by atoms with van der Waals surface area (Å²) in [6.45, 7) is 6.56. The van der Waals surface area contributed by atoms with Gasteiger partial charge in [-0.05, 0) is 65.2 Å². The first-order valence-electron chi connectivity index (χ1n) is 10.1. The largest absolute Gasteiger partial charge is 0.492 e. The molecule has 0 spiro atoms. The molecule has 2 N–H and O–H groups in total. The van der Waals surface area contributed by atoms with Crippen LogP contribution < -0.4 is 15.4 Å². The summed E-state index contributed by atoms with van der Waals surface area (Å²) in [4.78, 5) is 24.3. The van der Waals surface area contributed by atoms with Gasteiger partial charge in [0.2, 0.25) is 5.91 Å². The summed E-state index contributed by atoms with van der Waals surface area (Å²) in [5.74, 6) is 0.445. The lowest BCUT2D eigenvalue weighted by Gasteiger charge is -2.12. The van der Waals surface area contributed by atoms with Crippen LogP contribution in [0.3, 0.4) is 0 Å². The molecule has 2 amide bonds. The molecule has 0 radical (unpaired) electrons. The molecular weight excluding hydrogens is 432 g/mol. The van der Waals surface area contributed by atoms with E-state index in [1.54, 1.807) is 31.2 Å². The minimum absolute atomic E-state index is 0.0641. The van der Waals surface area contributed by atoms with Gasteiger partial charge in [-0.15, -0.1) is 0 Å². The van der Waals surface area contributed by atoms with Crippen LogP contribution in [-0.4, -0.2) is 18.4 Å². The lowest BCUT2D eigenvalue weighted by Crippen LogP contribution is -2.14. The van der Waals surface area contributed by atoms with Crippen molar-refractivity contribution in [3.8, 4) is 5.75 Å². The van der Waals surface area contributed by atoms with Crippen molar-refractivity contribution in [2.75, 3.05) is 17.2 Å². The van der Waals surface area contributed by atoms with Crippen molar-refractivity contribution in [1.82, 2.24) is 0 Å². The molecule has 29 heavy (non-hydrogen) atoms. The first-order chi connectivity index (χ1) is 13.9. The Labute approximate surface area is 181 Å². The number of amides is 2. The maximum absolute atomic E-state index is 12.6. The molecule has 6 heteroatoms. The third-order valence-corrected chi connectivity index (χ3v) is 5.16. The number of hydrogen-bond acceptors (Lipinski definition) is 3. The van der Waals surface area contributed by atoms with Crippen LogP contribution in [0, 0.1) is 6.92 Å². The number of hydrogen-bond donors (Lipinski definition) is 2. The SMILES string of the molecule is CCCCCCOc1ccc(C(=O)Nc2ccc(C)c(NC(=O)CC)c2)cc1Br. The highest BCUT2D eigenvalue weighted by atomic mass is 79.9. The van der Waals surface area contributed by atoms with E-state index in [4.69, 9.17) is 4.74 Å². The van der Waals surface area contributed by atoms with E-state index >= 15 is 0 Å². The van der Waals surface area contributed by atoms with Gasteiger partial charge >= 0.3 is 0 Å². The summed E-state index contributed by atoms with van der Waals surface area (Å²) < 4.78 is 6.54. The van der Waals surface area contributed by atoms with E-state index < -0.39 is 0 Å². The van der Waals surface area contributed by atoms with E-state index in [9.17, 15) is 9.59 Å². The van der Waals surface area contributed by atoms with Gasteiger partial charge in [-0.2, -0.15) is 0 Å². The highest BCUT2D eigenvalue weighted by Gasteiger charge is 2.11. The summed E-state index contributed by atoms with van der Waals surface area (Å²) in [7, 11) is 0. The summed E-state index contributed by atoms with van der Waals surface area (Å²) in [6.07, 6.45) is 4.99. The van der Waals surface area contributed by atoms with E-state index in [-0.39, 0.29) is 11.8 Å². The molecule has 0 saturated carbocycles. The molecule has 0 aliphatic carbocycles. The fourth-order valence-corrected chi connectivity index (χ4v) is 3.24. The van der Waals surface area contributed by atoms with Crippen LogP contribution in [0.15, 0.2) is 40.9 Å². The maximum atomic E-state index is 12.6. The second-order valence-corrected chi connectivity index (χ2v) is 7.79. The van der Waals surface area contributed by atoms with Crippen LogP contribution in [0.25, 0.3) is 0 Å². The van der Waals surface area contributed by atoms with E-state index in [0.717, 1.165) is 28.6 Å². The quantitative estimate of drug-likeness (QED) is 0.407. The number of ether oxygens (including phenoxy) is 1. The van der Waals surface area contributed by atoms with Gasteiger partial charge in [0, 0.05) is 23.4 Å². The second-order valence-electron chi connectivity index (χ2n) is 6.94. The minimum Gasteiger partial charge on any atom is -0.492 e. The predicted octanol–water partition coefficient (Wildman–Crippen LogP) is 6.32. The fraction of sp³-hybridized carbons (Fsp3) is 0.391. The van der Waals surface area contributed by atoms with Crippen molar-refractivity contribution in [3.63, 3.8) is 0 Å². The van der Waals surface area contributed by atoms with Crippen LogP contribution in [0.5, 0.6) is 5.75 Å². The lowest BCUT2D eigenvalue weighted by molar-refractivity contribution is -0.115. The molecule has 0 bridgehead atoms. The molecule has 2 aromatic carbocycles. The van der Waals surface area contributed by atoms with Crippen molar-refractivity contribution in [2.24, 2.45) is 0 Å². The number of aryl methyl sites for hydroxylation is 1. The van der Waals surface area contributed by atoms with Gasteiger partial charge in [0.1, 0.15) is 5.75 Å². The standard InChI is InChI=1S/C23H29BrN2O3/c1-4-6-7-8-13-29-21-12-10-17(14-19(21)24)23(28)25-18-11-9-16(3)20(15-18)26-22(27)5-2/h9-12,14-15H,4-8,13H2,1-3H3,(H,25,28)(H,26,27). The number of benzene rings is 2. The zero-order chi connectivity index (χ0) is 21.2. The van der Waals surface area contributed by atoms with Gasteiger partial charge < -0.3 is 15.4 Å². The first-order valence-corrected chi connectivity index (χ1v) is 10.9. The third-order valence-electron chi connectivity index (χ3n) is 4.54. The Balaban J connectivity index is 2.01. The molecule has 2 rings (SSSR count). The number of carbonyl (C=O) groups is 2. The zero-order valence-corrected chi connectivity index (χ0v) is 18.9. The Bertz CT molecular complexity index is 852. The van der Waals surface area contributed by atoms with Gasteiger partial charge in [-0.1, -0.05) is 39.2 Å². The van der Waals surface area contributed by atoms with Gasteiger partial charge in [0.15, 0.2) is 0 Å². The second kappa shape index (κ2) is 11.6. The Morgan fingerprint density at radius 2 is 1.79 bits per heavy atom. The van der Waals surface area contributed by atoms with Crippen molar-refractivity contribution in [2.45, 2.75) is 52.9 Å². The Morgan fingerprint density at radius 3 is 2.48 bits per heavy atom. The molecule has 5 nitrogen and oxygen atoms in total. The number of carbonyl (C=O) groups excluding carboxylic acids is 2. The molecule has 0 aromatic heterocycles. The topological polar surface area (TPSA) is 67.4 Å². The number of rotatable bonds is 10. The molecule has 156 valence electrons. The molecule has 0 aliphatic heterocycles. The van der Waals surface area contributed by atoms with E-state index in [1.165, 1.54) is 12.8 Å². The Morgan fingerprint density at radius 1 is 1.00 bits per heavy atom. The van der Waals surface area contributed by atoms with Crippen LogP contribution in [0.2, 0.25) is 0 Å². The van der Waals surface area contributed by atoms with E-state index in [2.05, 4.69) is 33.5 Å². The Hall–Kier alpha value is -2.34. The molecule has 0 saturated heterocycles. The van der Waals surface area contributed by atoms with Crippen molar-refractivity contribution < 1.29 is 14.3 Å². The van der Waals surface area contributed by atoms with Gasteiger partial charge in [0.25, 0.3) is 5.91 Å². The molecule has 0 heterocycles. The third kappa shape index (κ3) is 7.20. The van der Waals surface area contributed by atoms with E-state index in [0.29, 0.717) is 30.0 Å². The average molecular weight is 461 g/mol. The molecule has 0 aliphatic rings. The number of halogens is 1. The van der Waals surface area contributed by atoms with Crippen LogP contribution in [0.4, 0.5) is 11.4 Å². The number of unbranched alkanes of at least 4 members (excludes halogenated alkanes) is 3. The molecule has 0 fully saturated rings. The number of anilines is 2. The van der Waals surface area contributed by atoms with Crippen LogP contribution in [-0.2, 0) is 4.79 Å². The molecule has 0 unspecified atom stereocenters. The Kier molecular flexibility index (Phi) is 9.19. The smallest absolute Gasteiger partial charge is 0.255 e. The summed E-state index contributed by atoms with van der Waals surface area (Å²) in [5, 5.41) is 5.73. The van der Waals surface area contributed by atoms with Crippen LogP contribution >= 0.6 is 15.9 Å². The first kappa shape index (κ1) is 22.9. The van der Waals surface area contributed by atoms with Crippen molar-refractivity contribution in [3.05, 3.63) is 52.0 Å². The minimum atomic E-state index is -0.225. The summed E-state index contributed by atoms with van der Waals surface area (Å²) in [6, 6.07) is 10.8. The van der Waals surface area contributed by atoms with E-state index in [1.807, 2.05) is 19.1 Å². The highest BCUT2D eigenvalue weighted by molar-refractivity contribution is 9.10. The van der Waals surface area contributed by atoms with Crippen molar-refractivity contribution >= 4 is 39.1 Å². The maximum Gasteiger partial charge on any atom is 0.255 e. The summed E-state index contributed by atoms with van der Waals surface area (Å²) >= 11 is 3.49. The normalized spacial score (nSPS) is 10.5. The number of nitrogens with one attached hydrogen (secondary N) is 2. The van der Waals surface area contributed by atoms with Crippen molar-refractivity contribution in [1.29, 1.82) is 0 Å². The average Bonchev–Trinajstić information content (AvgIpc) is 2.71. The molecule has 0 atom stereocenters. The highest BCUT2D eigenvalue weighted by Crippen LogP contribution is 2.27. The monoisotopic (exact) mass is 460 g/mol. The van der Waals surface area contributed by atoms with Gasteiger partial charge in [-0.3, -0.25) is 9.59 Å². The predicted molar refractivity (Wildman–Crippen MR) is 122 cm³/mol. The molecular formula is C23H29BrN2O3. The van der Waals surface area contributed by atoms with Crippen LogP contribution in [0.1, 0.15) is 61.9 Å². The van der Waals surface area contributed by atoms with Gasteiger partial charge in [0.05, 0.1) is 11.1 Å². The van der Waals surface area contributed by atoms with Gasteiger partial charge in [-0.25, -0.2) is 0 Å². The fourth-order valence-electron chi connectivity index (χ4n) is 2.75. The summed E-state index contributed by atoms with van der Waals surface area (Å²) in [5.41, 5.74) is 2.78. The lowest BCUT2D eigenvalue weighted by atomic mass is 10.1. The zero-order valence-electron chi connectivity index (χ0n) is 17.3.